The first-order valence-electron chi connectivity index (χ1n) is 5.17. The smallest absolute Gasteiger partial charge is 0.271 e. The Bertz CT molecular complexity index is 517. The van der Waals surface area contributed by atoms with E-state index in [1.54, 1.807) is 6.07 Å². The number of hydrogen-bond donors (Lipinski definition) is 0. The van der Waals surface area contributed by atoms with Gasteiger partial charge in [0.2, 0.25) is 0 Å². The summed E-state index contributed by atoms with van der Waals surface area (Å²) < 4.78 is 1.90. The van der Waals surface area contributed by atoms with Crippen molar-refractivity contribution in [3.8, 4) is 0 Å². The molecule has 1 heterocycles. The van der Waals surface area contributed by atoms with Gasteiger partial charge in [-0.1, -0.05) is 13.8 Å². The van der Waals surface area contributed by atoms with Crippen LogP contribution in [0.25, 0.3) is 11.0 Å². The zero-order valence-electron chi connectivity index (χ0n) is 9.89. The van der Waals surface area contributed by atoms with Gasteiger partial charge >= 0.3 is 0 Å². The van der Waals surface area contributed by atoms with E-state index in [1.807, 2.05) is 32.4 Å². The minimum absolute atomic E-state index is 0.0793. The molecule has 86 valence electrons. The van der Waals surface area contributed by atoms with Crippen LogP contribution in [-0.2, 0) is 7.05 Å². The van der Waals surface area contributed by atoms with Crippen molar-refractivity contribution in [2.75, 3.05) is 0 Å². The molecule has 1 aromatic heterocycles. The minimum atomic E-state index is -0.413. The highest BCUT2D eigenvalue weighted by Crippen LogP contribution is 2.20. The van der Waals surface area contributed by atoms with Crippen LogP contribution in [0.4, 0.5) is 5.69 Å². The number of imidazole rings is 1. The fourth-order valence-corrected chi connectivity index (χ4v) is 1.42. The number of aromatic nitrogens is 2. The van der Waals surface area contributed by atoms with Gasteiger partial charge in [-0.25, -0.2) is 4.98 Å². The summed E-state index contributed by atoms with van der Waals surface area (Å²) in [7, 11) is 1.89. The van der Waals surface area contributed by atoms with Crippen LogP contribution >= 0.6 is 0 Å². The molecule has 5 nitrogen and oxygen atoms in total. The number of nitrogens with zero attached hydrogens (tertiary/aromatic N) is 3. The first kappa shape index (κ1) is 12.2. The van der Waals surface area contributed by atoms with Gasteiger partial charge in [0.05, 0.1) is 16.0 Å². The van der Waals surface area contributed by atoms with Gasteiger partial charge in [0.15, 0.2) is 0 Å². The highest BCUT2D eigenvalue weighted by molar-refractivity contribution is 5.78. The Morgan fingerprint density at radius 1 is 1.38 bits per heavy atom. The van der Waals surface area contributed by atoms with Crippen molar-refractivity contribution in [1.29, 1.82) is 0 Å². The molecule has 0 bridgehead atoms. The van der Waals surface area contributed by atoms with Gasteiger partial charge in [0.25, 0.3) is 5.69 Å². The van der Waals surface area contributed by atoms with Gasteiger partial charge in [-0.3, -0.25) is 10.1 Å². The van der Waals surface area contributed by atoms with Crippen LogP contribution in [0.2, 0.25) is 0 Å². The SMILES string of the molecule is CC.Cc1nc2cc([N+](=O)[O-])ccc2n1C. The van der Waals surface area contributed by atoms with Crippen LogP contribution in [0, 0.1) is 17.0 Å². The van der Waals surface area contributed by atoms with Crippen molar-refractivity contribution < 1.29 is 4.92 Å². The number of nitro benzene ring substituents is 1. The summed E-state index contributed by atoms with van der Waals surface area (Å²) in [6.45, 7) is 5.87. The number of hydrogen-bond acceptors (Lipinski definition) is 3. The molecule has 0 aliphatic carbocycles. The standard InChI is InChI=1S/C9H9N3O2.C2H6/c1-6-10-8-5-7(12(13)14)3-4-9(8)11(6)2;1-2/h3-5H,1-2H3;1-2H3. The lowest BCUT2D eigenvalue weighted by atomic mass is 10.3. The second-order valence-corrected chi connectivity index (χ2v) is 3.15. The van der Waals surface area contributed by atoms with Gasteiger partial charge in [-0.05, 0) is 13.0 Å². The number of non-ortho nitro benzene ring substituents is 1. The topological polar surface area (TPSA) is 61.0 Å². The van der Waals surface area contributed by atoms with Gasteiger partial charge in [0, 0.05) is 19.2 Å². The molecule has 5 heteroatoms. The Labute approximate surface area is 93.9 Å². The molecule has 0 amide bonds. The maximum atomic E-state index is 10.5. The molecule has 0 saturated carbocycles. The third-order valence-electron chi connectivity index (χ3n) is 2.30. The molecule has 2 aromatic rings. The second-order valence-electron chi connectivity index (χ2n) is 3.15. The molecule has 2 rings (SSSR count). The number of benzene rings is 1. The number of aryl methyl sites for hydroxylation is 2. The molecule has 0 atom stereocenters. The molecule has 0 aliphatic rings. The van der Waals surface area contributed by atoms with E-state index >= 15 is 0 Å². The number of fused-ring (bicyclic) bond motifs is 1. The molecule has 0 aliphatic heterocycles. The molecule has 16 heavy (non-hydrogen) atoms. The monoisotopic (exact) mass is 221 g/mol. The quantitative estimate of drug-likeness (QED) is 0.549. The fourth-order valence-electron chi connectivity index (χ4n) is 1.42. The Morgan fingerprint density at radius 3 is 2.56 bits per heavy atom. The number of nitro groups is 1. The predicted octanol–water partition coefficient (Wildman–Crippen LogP) is 2.82. The van der Waals surface area contributed by atoms with E-state index in [4.69, 9.17) is 0 Å². The summed E-state index contributed by atoms with van der Waals surface area (Å²) in [5, 5.41) is 10.5. The minimum Gasteiger partial charge on any atom is -0.331 e. The third-order valence-corrected chi connectivity index (χ3v) is 2.30. The summed E-state index contributed by atoms with van der Waals surface area (Å²) in [5.74, 6) is 0.848. The zero-order valence-corrected chi connectivity index (χ0v) is 9.89. The molecular formula is C11H15N3O2. The predicted molar refractivity (Wildman–Crippen MR) is 63.5 cm³/mol. The summed E-state index contributed by atoms with van der Waals surface area (Å²) >= 11 is 0. The summed E-state index contributed by atoms with van der Waals surface area (Å²) in [5.41, 5.74) is 1.66. The molecular weight excluding hydrogens is 206 g/mol. The van der Waals surface area contributed by atoms with Gasteiger partial charge in [-0.15, -0.1) is 0 Å². The normalized spacial score (nSPS) is 9.75. The van der Waals surface area contributed by atoms with Crippen molar-refractivity contribution in [2.24, 2.45) is 7.05 Å². The number of rotatable bonds is 1. The third kappa shape index (κ3) is 2.03. The second kappa shape index (κ2) is 4.74. The Balaban J connectivity index is 0.000000606. The van der Waals surface area contributed by atoms with Gasteiger partial charge in [0.1, 0.15) is 5.82 Å². The molecule has 0 saturated heterocycles. The van der Waals surface area contributed by atoms with Crippen molar-refractivity contribution in [3.05, 3.63) is 34.1 Å². The summed E-state index contributed by atoms with van der Waals surface area (Å²) in [6, 6.07) is 4.69. The van der Waals surface area contributed by atoms with E-state index < -0.39 is 4.92 Å². The fraction of sp³-hybridized carbons (Fsp3) is 0.364. The molecule has 0 unspecified atom stereocenters. The van der Waals surface area contributed by atoms with E-state index in [0.29, 0.717) is 5.52 Å². The molecule has 0 N–H and O–H groups in total. The first-order chi connectivity index (χ1) is 7.59. The lowest BCUT2D eigenvalue weighted by Gasteiger charge is -1.95. The molecule has 0 spiro atoms. The Kier molecular flexibility index (Phi) is 3.60. The van der Waals surface area contributed by atoms with Crippen molar-refractivity contribution >= 4 is 16.7 Å². The summed E-state index contributed by atoms with van der Waals surface area (Å²) in [4.78, 5) is 14.3. The highest BCUT2D eigenvalue weighted by atomic mass is 16.6. The van der Waals surface area contributed by atoms with Crippen LogP contribution in [-0.4, -0.2) is 14.5 Å². The van der Waals surface area contributed by atoms with E-state index in [-0.39, 0.29) is 5.69 Å². The van der Waals surface area contributed by atoms with Crippen LogP contribution < -0.4 is 0 Å². The lowest BCUT2D eigenvalue weighted by Crippen LogP contribution is -1.90. The zero-order chi connectivity index (χ0) is 12.3. The van der Waals surface area contributed by atoms with E-state index in [2.05, 4.69) is 4.98 Å². The van der Waals surface area contributed by atoms with Crippen molar-refractivity contribution in [3.63, 3.8) is 0 Å². The molecule has 1 aromatic carbocycles. The highest BCUT2D eigenvalue weighted by Gasteiger charge is 2.09. The van der Waals surface area contributed by atoms with Crippen LogP contribution in [0.15, 0.2) is 18.2 Å². The average Bonchev–Trinajstić information content (AvgIpc) is 2.57. The van der Waals surface area contributed by atoms with Crippen molar-refractivity contribution in [2.45, 2.75) is 20.8 Å². The summed E-state index contributed by atoms with van der Waals surface area (Å²) in [6.07, 6.45) is 0. The lowest BCUT2D eigenvalue weighted by molar-refractivity contribution is -0.384. The van der Waals surface area contributed by atoms with E-state index in [0.717, 1.165) is 11.3 Å². The van der Waals surface area contributed by atoms with Crippen molar-refractivity contribution in [1.82, 2.24) is 9.55 Å². The van der Waals surface area contributed by atoms with E-state index in [9.17, 15) is 10.1 Å². The Hall–Kier alpha value is -1.91. The van der Waals surface area contributed by atoms with E-state index in [1.165, 1.54) is 12.1 Å². The van der Waals surface area contributed by atoms with Crippen LogP contribution in [0.3, 0.4) is 0 Å². The molecule has 0 radical (unpaired) electrons. The van der Waals surface area contributed by atoms with Crippen LogP contribution in [0.1, 0.15) is 19.7 Å². The first-order valence-corrected chi connectivity index (χ1v) is 5.17. The molecule has 0 fully saturated rings. The van der Waals surface area contributed by atoms with Gasteiger partial charge in [-0.2, -0.15) is 0 Å². The average molecular weight is 221 g/mol. The maximum absolute atomic E-state index is 10.5. The largest absolute Gasteiger partial charge is 0.331 e. The van der Waals surface area contributed by atoms with Gasteiger partial charge < -0.3 is 4.57 Å². The van der Waals surface area contributed by atoms with Crippen LogP contribution in [0.5, 0.6) is 0 Å². The maximum Gasteiger partial charge on any atom is 0.271 e. The Morgan fingerprint density at radius 2 is 2.00 bits per heavy atom.